The summed E-state index contributed by atoms with van der Waals surface area (Å²) in [5.74, 6) is 2.70. The molecule has 2 bridgehead atoms. The predicted octanol–water partition coefficient (Wildman–Crippen LogP) is 3.30. The number of carbonyl (C=O) groups excluding carboxylic acids is 1. The van der Waals surface area contributed by atoms with Crippen molar-refractivity contribution in [1.82, 2.24) is 14.7 Å². The lowest BCUT2D eigenvalue weighted by Crippen LogP contribution is -2.29. The molecule has 3 unspecified atom stereocenters. The van der Waals surface area contributed by atoms with E-state index in [0.717, 1.165) is 30.5 Å². The molecule has 122 valence electrons. The molecule has 1 aromatic heterocycles. The van der Waals surface area contributed by atoms with E-state index in [9.17, 15) is 4.79 Å². The van der Waals surface area contributed by atoms with Crippen molar-refractivity contribution in [3.8, 4) is 0 Å². The average Bonchev–Trinajstić information content (AvgIpc) is 3.17. The highest BCUT2D eigenvalue weighted by molar-refractivity contribution is 5.76. The van der Waals surface area contributed by atoms with Crippen molar-refractivity contribution >= 4 is 5.91 Å². The fraction of sp³-hybridized carbons (Fsp3) is 0.778. The van der Waals surface area contributed by atoms with E-state index in [1.54, 1.807) is 0 Å². The van der Waals surface area contributed by atoms with Crippen LogP contribution in [0.2, 0.25) is 0 Å². The Labute approximate surface area is 133 Å². The summed E-state index contributed by atoms with van der Waals surface area (Å²) in [6.45, 7) is 7.83. The molecule has 0 radical (unpaired) electrons. The smallest absolute Gasteiger partial charge is 0.222 e. The molecule has 2 aliphatic rings. The Kier molecular flexibility index (Phi) is 4.28. The molecule has 0 aromatic carbocycles. The summed E-state index contributed by atoms with van der Waals surface area (Å²) in [5, 5.41) is 4.55. The molecule has 3 atom stereocenters. The van der Waals surface area contributed by atoms with Crippen LogP contribution in [-0.4, -0.2) is 27.6 Å². The summed E-state index contributed by atoms with van der Waals surface area (Å²) < 4.78 is 2.03. The molecular weight excluding hydrogens is 274 g/mol. The van der Waals surface area contributed by atoms with Gasteiger partial charge in [0.05, 0.1) is 5.69 Å². The van der Waals surface area contributed by atoms with E-state index < -0.39 is 0 Å². The topological polar surface area (TPSA) is 38.1 Å². The summed E-state index contributed by atoms with van der Waals surface area (Å²) in [6, 6.07) is 0. The maximum absolute atomic E-state index is 12.6. The summed E-state index contributed by atoms with van der Waals surface area (Å²) in [7, 11) is 1.94. The molecule has 3 rings (SSSR count). The molecule has 0 spiro atoms. The van der Waals surface area contributed by atoms with Crippen molar-refractivity contribution in [3.63, 3.8) is 0 Å². The first-order valence-corrected chi connectivity index (χ1v) is 8.76. The SMILES string of the molecule is CCn1nc(C)c(CN(C)C(=O)CC2CC3CCC2C3)c1C. The van der Waals surface area contributed by atoms with E-state index in [1.165, 1.54) is 36.9 Å². The van der Waals surface area contributed by atoms with Crippen LogP contribution < -0.4 is 0 Å². The van der Waals surface area contributed by atoms with E-state index in [2.05, 4.69) is 18.9 Å². The van der Waals surface area contributed by atoms with Crippen molar-refractivity contribution in [2.75, 3.05) is 7.05 Å². The Balaban J connectivity index is 1.60. The highest BCUT2D eigenvalue weighted by Crippen LogP contribution is 2.49. The van der Waals surface area contributed by atoms with Gasteiger partial charge in [-0.15, -0.1) is 0 Å². The zero-order chi connectivity index (χ0) is 15.9. The van der Waals surface area contributed by atoms with Gasteiger partial charge in [0, 0.05) is 37.8 Å². The lowest BCUT2D eigenvalue weighted by molar-refractivity contribution is -0.131. The number of hydrogen-bond acceptors (Lipinski definition) is 2. The molecular formula is C18H29N3O. The van der Waals surface area contributed by atoms with E-state index >= 15 is 0 Å². The quantitative estimate of drug-likeness (QED) is 0.837. The van der Waals surface area contributed by atoms with E-state index in [4.69, 9.17) is 0 Å². The van der Waals surface area contributed by atoms with Crippen LogP contribution in [0.1, 0.15) is 56.0 Å². The minimum Gasteiger partial charge on any atom is -0.341 e. The molecule has 1 heterocycles. The van der Waals surface area contributed by atoms with Crippen molar-refractivity contribution in [3.05, 3.63) is 17.0 Å². The third-order valence-electron chi connectivity index (χ3n) is 5.97. The van der Waals surface area contributed by atoms with Crippen LogP contribution in [0.4, 0.5) is 0 Å². The van der Waals surface area contributed by atoms with Crippen LogP contribution in [0.15, 0.2) is 0 Å². The summed E-state index contributed by atoms with van der Waals surface area (Å²) in [5.41, 5.74) is 3.46. The number of carbonyl (C=O) groups is 1. The molecule has 22 heavy (non-hydrogen) atoms. The lowest BCUT2D eigenvalue weighted by atomic mass is 9.86. The van der Waals surface area contributed by atoms with Gasteiger partial charge in [0.1, 0.15) is 0 Å². The fourth-order valence-electron chi connectivity index (χ4n) is 4.60. The maximum Gasteiger partial charge on any atom is 0.222 e. The largest absolute Gasteiger partial charge is 0.341 e. The zero-order valence-corrected chi connectivity index (χ0v) is 14.4. The zero-order valence-electron chi connectivity index (χ0n) is 14.4. The molecule has 4 nitrogen and oxygen atoms in total. The van der Waals surface area contributed by atoms with Gasteiger partial charge >= 0.3 is 0 Å². The summed E-state index contributed by atoms with van der Waals surface area (Å²) >= 11 is 0. The number of rotatable bonds is 5. The minimum absolute atomic E-state index is 0.306. The maximum atomic E-state index is 12.6. The molecule has 2 fully saturated rings. The minimum atomic E-state index is 0.306. The van der Waals surface area contributed by atoms with Gasteiger partial charge in [0.15, 0.2) is 0 Å². The van der Waals surface area contributed by atoms with Gasteiger partial charge in [-0.1, -0.05) is 6.42 Å². The number of nitrogens with zero attached hydrogens (tertiary/aromatic N) is 3. The normalized spacial score (nSPS) is 26.6. The molecule has 0 N–H and O–H groups in total. The molecule has 0 saturated heterocycles. The van der Waals surface area contributed by atoms with Crippen LogP contribution in [0.25, 0.3) is 0 Å². The second-order valence-electron chi connectivity index (χ2n) is 7.35. The van der Waals surface area contributed by atoms with Crippen molar-refractivity contribution in [2.45, 2.75) is 66.0 Å². The van der Waals surface area contributed by atoms with Gasteiger partial charge in [-0.25, -0.2) is 0 Å². The predicted molar refractivity (Wildman–Crippen MR) is 87.4 cm³/mol. The van der Waals surface area contributed by atoms with Crippen molar-refractivity contribution < 1.29 is 4.79 Å². The highest BCUT2D eigenvalue weighted by Gasteiger charge is 2.40. The Bertz CT molecular complexity index is 563. The molecule has 2 aliphatic carbocycles. The highest BCUT2D eigenvalue weighted by atomic mass is 16.2. The second-order valence-corrected chi connectivity index (χ2v) is 7.35. The van der Waals surface area contributed by atoms with Crippen LogP contribution in [0.5, 0.6) is 0 Å². The molecule has 4 heteroatoms. The Morgan fingerprint density at radius 3 is 2.64 bits per heavy atom. The molecule has 1 amide bonds. The number of hydrogen-bond donors (Lipinski definition) is 0. The summed E-state index contributed by atoms with van der Waals surface area (Å²) in [6.07, 6.45) is 6.17. The first kappa shape index (κ1) is 15.6. The van der Waals surface area contributed by atoms with Gasteiger partial charge in [0.25, 0.3) is 0 Å². The fourth-order valence-corrected chi connectivity index (χ4v) is 4.60. The monoisotopic (exact) mass is 303 g/mol. The van der Waals surface area contributed by atoms with Crippen LogP contribution in [-0.2, 0) is 17.9 Å². The van der Waals surface area contributed by atoms with Gasteiger partial charge in [-0.05, 0) is 57.8 Å². The van der Waals surface area contributed by atoms with Gasteiger partial charge in [-0.2, -0.15) is 5.10 Å². The second kappa shape index (κ2) is 6.05. The number of fused-ring (bicyclic) bond motifs is 2. The van der Waals surface area contributed by atoms with Crippen molar-refractivity contribution in [1.29, 1.82) is 0 Å². The lowest BCUT2D eigenvalue weighted by Gasteiger charge is -2.24. The van der Waals surface area contributed by atoms with Crippen molar-refractivity contribution in [2.24, 2.45) is 17.8 Å². The third-order valence-corrected chi connectivity index (χ3v) is 5.97. The number of amides is 1. The van der Waals surface area contributed by atoms with Gasteiger partial charge in [0.2, 0.25) is 5.91 Å². The van der Waals surface area contributed by atoms with Gasteiger partial charge < -0.3 is 4.90 Å². The number of aromatic nitrogens is 2. The van der Waals surface area contributed by atoms with E-state index in [-0.39, 0.29) is 0 Å². The average molecular weight is 303 g/mol. The number of aryl methyl sites for hydroxylation is 2. The van der Waals surface area contributed by atoms with Crippen LogP contribution in [0, 0.1) is 31.6 Å². The van der Waals surface area contributed by atoms with Gasteiger partial charge in [-0.3, -0.25) is 9.48 Å². The Morgan fingerprint density at radius 2 is 2.09 bits per heavy atom. The van der Waals surface area contributed by atoms with Crippen LogP contribution >= 0.6 is 0 Å². The standard InChI is InChI=1S/C18H29N3O/c1-5-21-13(3)17(12(2)19-21)11-20(4)18(22)10-16-9-14-6-7-15(16)8-14/h14-16H,5-11H2,1-4H3. The molecule has 1 aromatic rings. The van der Waals surface area contributed by atoms with E-state index in [1.807, 2.05) is 23.6 Å². The van der Waals surface area contributed by atoms with Crippen LogP contribution in [0.3, 0.4) is 0 Å². The first-order chi connectivity index (χ1) is 10.5. The Hall–Kier alpha value is -1.32. The molecule has 0 aliphatic heterocycles. The first-order valence-electron chi connectivity index (χ1n) is 8.76. The summed E-state index contributed by atoms with van der Waals surface area (Å²) in [4.78, 5) is 14.5. The van der Waals surface area contributed by atoms with E-state index in [0.29, 0.717) is 18.4 Å². The Morgan fingerprint density at radius 1 is 1.32 bits per heavy atom. The molecule has 2 saturated carbocycles. The third kappa shape index (κ3) is 2.80.